The Morgan fingerprint density at radius 3 is 2.53 bits per heavy atom. The van der Waals surface area contributed by atoms with E-state index in [9.17, 15) is 15.3 Å². The zero-order chi connectivity index (χ0) is 13.8. The summed E-state index contributed by atoms with van der Waals surface area (Å²) in [5.74, 6) is 0.190. The molecule has 0 amide bonds. The number of aliphatic hydroxyl groups is 2. The van der Waals surface area contributed by atoms with E-state index in [1.54, 1.807) is 31.3 Å². The van der Waals surface area contributed by atoms with Crippen molar-refractivity contribution >= 4 is 10.8 Å². The van der Waals surface area contributed by atoms with Gasteiger partial charge in [-0.25, -0.2) is 0 Å². The monoisotopic (exact) mass is 261 g/mol. The maximum absolute atomic E-state index is 10.1. The van der Waals surface area contributed by atoms with Crippen LogP contribution in [-0.4, -0.2) is 35.0 Å². The summed E-state index contributed by atoms with van der Waals surface area (Å²) in [7, 11) is 1.80. The van der Waals surface area contributed by atoms with Crippen molar-refractivity contribution in [3.05, 3.63) is 42.0 Å². The topological polar surface area (TPSA) is 72.7 Å². The number of hydrogen-bond acceptors (Lipinski definition) is 4. The molecule has 19 heavy (non-hydrogen) atoms. The van der Waals surface area contributed by atoms with Gasteiger partial charge < -0.3 is 20.6 Å². The lowest BCUT2D eigenvalue weighted by Gasteiger charge is -2.18. The number of benzene rings is 2. The molecule has 0 aliphatic heterocycles. The molecule has 0 spiro atoms. The number of fused-ring (bicyclic) bond motifs is 1. The van der Waals surface area contributed by atoms with Gasteiger partial charge in [-0.3, -0.25) is 0 Å². The Morgan fingerprint density at radius 2 is 1.79 bits per heavy atom. The summed E-state index contributed by atoms with van der Waals surface area (Å²) >= 11 is 0. The number of aliphatic hydroxyl groups excluding tert-OH is 2. The minimum atomic E-state index is -0.917. The molecule has 2 atom stereocenters. The molecule has 0 saturated heterocycles. The molecule has 2 unspecified atom stereocenters. The van der Waals surface area contributed by atoms with Crippen LogP contribution < -0.4 is 5.32 Å². The van der Waals surface area contributed by atoms with Gasteiger partial charge in [-0.15, -0.1) is 0 Å². The standard InChI is InChI=1S/C15H19NO3/c1-16-7-6-14(18)15(19)11-3-2-10-4-5-13(17)9-12(10)8-11/h2-5,8-9,14-19H,6-7H2,1H3. The molecule has 2 rings (SSSR count). The van der Waals surface area contributed by atoms with Gasteiger partial charge in [0.05, 0.1) is 6.10 Å². The van der Waals surface area contributed by atoms with E-state index in [4.69, 9.17) is 0 Å². The molecule has 0 aliphatic carbocycles. The number of phenols is 1. The second-order valence-corrected chi connectivity index (χ2v) is 4.70. The second kappa shape index (κ2) is 6.02. The van der Waals surface area contributed by atoms with E-state index >= 15 is 0 Å². The van der Waals surface area contributed by atoms with E-state index in [1.807, 2.05) is 12.1 Å². The number of phenolic OH excluding ortho intramolecular Hbond substituents is 1. The van der Waals surface area contributed by atoms with Gasteiger partial charge in [0.1, 0.15) is 11.9 Å². The molecule has 4 heteroatoms. The molecule has 0 aliphatic rings. The fourth-order valence-corrected chi connectivity index (χ4v) is 2.11. The molecule has 4 N–H and O–H groups in total. The Hall–Kier alpha value is -1.62. The van der Waals surface area contributed by atoms with Crippen molar-refractivity contribution < 1.29 is 15.3 Å². The molecule has 102 valence electrons. The van der Waals surface area contributed by atoms with Crippen molar-refractivity contribution in [2.45, 2.75) is 18.6 Å². The van der Waals surface area contributed by atoms with Crippen molar-refractivity contribution in [2.24, 2.45) is 0 Å². The van der Waals surface area contributed by atoms with Gasteiger partial charge in [0, 0.05) is 0 Å². The Kier molecular flexibility index (Phi) is 4.37. The quantitative estimate of drug-likeness (QED) is 0.659. The van der Waals surface area contributed by atoms with E-state index in [0.29, 0.717) is 18.5 Å². The lowest BCUT2D eigenvalue weighted by molar-refractivity contribution is 0.0141. The molecule has 2 aromatic carbocycles. The largest absolute Gasteiger partial charge is 0.508 e. The van der Waals surface area contributed by atoms with Crippen LogP contribution in [-0.2, 0) is 0 Å². The van der Waals surface area contributed by atoms with Crippen molar-refractivity contribution in [1.82, 2.24) is 5.32 Å². The maximum atomic E-state index is 10.1. The molecule has 0 bridgehead atoms. The molecule has 0 radical (unpaired) electrons. The minimum absolute atomic E-state index is 0.190. The average Bonchev–Trinajstić information content (AvgIpc) is 2.43. The predicted octanol–water partition coefficient (Wildman–Crippen LogP) is 1.55. The molecular formula is C15H19NO3. The van der Waals surface area contributed by atoms with Crippen LogP contribution in [0.25, 0.3) is 10.8 Å². The molecular weight excluding hydrogens is 242 g/mol. The van der Waals surface area contributed by atoms with Crippen molar-refractivity contribution in [3.8, 4) is 5.75 Å². The van der Waals surface area contributed by atoms with Crippen molar-refractivity contribution in [1.29, 1.82) is 0 Å². The third kappa shape index (κ3) is 3.23. The van der Waals surface area contributed by atoms with Gasteiger partial charge >= 0.3 is 0 Å². The summed E-state index contributed by atoms with van der Waals surface area (Å²) in [6.45, 7) is 0.645. The van der Waals surface area contributed by atoms with Crippen LogP contribution in [0.5, 0.6) is 5.75 Å². The summed E-state index contributed by atoms with van der Waals surface area (Å²) in [5.41, 5.74) is 0.654. The highest BCUT2D eigenvalue weighted by molar-refractivity contribution is 5.84. The number of rotatable bonds is 5. The van der Waals surface area contributed by atoms with Crippen molar-refractivity contribution in [2.75, 3.05) is 13.6 Å². The Bertz CT molecular complexity index is 556. The van der Waals surface area contributed by atoms with Gasteiger partial charge in [-0.2, -0.15) is 0 Å². The van der Waals surface area contributed by atoms with Crippen LogP contribution in [0, 0.1) is 0 Å². The van der Waals surface area contributed by atoms with Crippen LogP contribution in [0.4, 0.5) is 0 Å². The lowest BCUT2D eigenvalue weighted by atomic mass is 9.99. The lowest BCUT2D eigenvalue weighted by Crippen LogP contribution is -2.23. The Balaban J connectivity index is 2.24. The van der Waals surface area contributed by atoms with Gasteiger partial charge in [0.2, 0.25) is 0 Å². The van der Waals surface area contributed by atoms with Crippen LogP contribution in [0.3, 0.4) is 0 Å². The molecule has 4 nitrogen and oxygen atoms in total. The zero-order valence-electron chi connectivity index (χ0n) is 10.9. The molecule has 0 aromatic heterocycles. The van der Waals surface area contributed by atoms with E-state index in [2.05, 4.69) is 5.32 Å². The van der Waals surface area contributed by atoms with Crippen molar-refractivity contribution in [3.63, 3.8) is 0 Å². The fourth-order valence-electron chi connectivity index (χ4n) is 2.11. The SMILES string of the molecule is CNCCC(O)C(O)c1ccc2ccc(O)cc2c1. The minimum Gasteiger partial charge on any atom is -0.508 e. The molecule has 0 fully saturated rings. The zero-order valence-corrected chi connectivity index (χ0v) is 10.9. The van der Waals surface area contributed by atoms with Crippen LogP contribution in [0.1, 0.15) is 18.1 Å². The van der Waals surface area contributed by atoms with E-state index in [1.165, 1.54) is 0 Å². The first-order chi connectivity index (χ1) is 9.11. The van der Waals surface area contributed by atoms with Gasteiger partial charge in [0.15, 0.2) is 0 Å². The summed E-state index contributed by atoms with van der Waals surface area (Å²) < 4.78 is 0. The van der Waals surface area contributed by atoms with Crippen LogP contribution in [0.2, 0.25) is 0 Å². The predicted molar refractivity (Wildman–Crippen MR) is 75.1 cm³/mol. The summed E-state index contributed by atoms with van der Waals surface area (Å²) in [5, 5.41) is 34.2. The third-order valence-corrected chi connectivity index (χ3v) is 3.24. The number of hydrogen-bond donors (Lipinski definition) is 4. The average molecular weight is 261 g/mol. The smallest absolute Gasteiger partial charge is 0.116 e. The van der Waals surface area contributed by atoms with Gasteiger partial charge in [-0.1, -0.05) is 18.2 Å². The third-order valence-electron chi connectivity index (χ3n) is 3.24. The first kappa shape index (κ1) is 13.8. The molecule has 0 saturated carbocycles. The first-order valence-electron chi connectivity index (χ1n) is 6.35. The van der Waals surface area contributed by atoms with Crippen LogP contribution in [0.15, 0.2) is 36.4 Å². The highest BCUT2D eigenvalue weighted by Gasteiger charge is 2.17. The van der Waals surface area contributed by atoms with Gasteiger partial charge in [-0.05, 0) is 54.5 Å². The maximum Gasteiger partial charge on any atom is 0.116 e. The van der Waals surface area contributed by atoms with Gasteiger partial charge in [0.25, 0.3) is 0 Å². The number of nitrogens with one attached hydrogen (secondary N) is 1. The summed E-state index contributed by atoms with van der Waals surface area (Å²) in [6.07, 6.45) is -1.24. The van der Waals surface area contributed by atoms with E-state index in [0.717, 1.165) is 10.8 Å². The normalized spacial score (nSPS) is 14.5. The number of aromatic hydroxyl groups is 1. The first-order valence-corrected chi connectivity index (χ1v) is 6.35. The highest BCUT2D eigenvalue weighted by Crippen LogP contribution is 2.25. The highest BCUT2D eigenvalue weighted by atomic mass is 16.3. The summed E-state index contributed by atoms with van der Waals surface area (Å²) in [4.78, 5) is 0. The van der Waals surface area contributed by atoms with Crippen LogP contribution >= 0.6 is 0 Å². The second-order valence-electron chi connectivity index (χ2n) is 4.70. The molecule has 2 aromatic rings. The summed E-state index contributed by atoms with van der Waals surface area (Å²) in [6, 6.07) is 10.6. The van der Waals surface area contributed by atoms with E-state index < -0.39 is 12.2 Å². The molecule has 0 heterocycles. The Labute approximate surface area is 112 Å². The fraction of sp³-hybridized carbons (Fsp3) is 0.333. The Morgan fingerprint density at radius 1 is 1.05 bits per heavy atom. The van der Waals surface area contributed by atoms with E-state index in [-0.39, 0.29) is 5.75 Å².